The molecule has 0 radical (unpaired) electrons. The van der Waals surface area contributed by atoms with Crippen LogP contribution in [0.5, 0.6) is 0 Å². The molecule has 4 heteroatoms. The fourth-order valence-corrected chi connectivity index (χ4v) is 2.53. The molecule has 2 unspecified atom stereocenters. The van der Waals surface area contributed by atoms with Crippen LogP contribution in [-0.4, -0.2) is 41.4 Å². The number of nitrogens with zero attached hydrogens (tertiary/aromatic N) is 1. The molecule has 1 aliphatic heterocycles. The average Bonchev–Trinajstić information content (AvgIpc) is 2.88. The Hall–Kier alpha value is -0.770. The maximum atomic E-state index is 11.9. The second-order valence-corrected chi connectivity index (χ2v) is 6.11. The lowest BCUT2D eigenvalue weighted by Crippen LogP contribution is -2.44. The molecule has 4 nitrogen and oxygen atoms in total. The Bertz CT molecular complexity index is 297. The van der Waals surface area contributed by atoms with Crippen LogP contribution in [0.1, 0.15) is 33.6 Å². The van der Waals surface area contributed by atoms with E-state index in [1.165, 1.54) is 0 Å². The third-order valence-electron chi connectivity index (χ3n) is 3.58. The van der Waals surface area contributed by atoms with Gasteiger partial charge in [-0.2, -0.15) is 0 Å². The van der Waals surface area contributed by atoms with Gasteiger partial charge in [0.1, 0.15) is 5.60 Å². The van der Waals surface area contributed by atoms with Crippen molar-refractivity contribution in [2.45, 2.75) is 39.2 Å². The van der Waals surface area contributed by atoms with Crippen LogP contribution in [0, 0.1) is 11.3 Å². The quantitative estimate of drug-likeness (QED) is 0.740. The standard InChI is InChI=1S/C12H21NO3/c1-11(2,3)16-10(15)13-5-4-9-6-12(9,7-13)8-14/h9,14H,4-8H2,1-3H3. The Morgan fingerprint density at radius 2 is 2.25 bits per heavy atom. The lowest BCUT2D eigenvalue weighted by molar-refractivity contribution is 0.0110. The Kier molecular flexibility index (Phi) is 2.65. The van der Waals surface area contributed by atoms with Gasteiger partial charge in [-0.25, -0.2) is 4.79 Å². The number of likely N-dealkylation sites (tertiary alicyclic amines) is 1. The van der Waals surface area contributed by atoms with E-state index in [2.05, 4.69) is 0 Å². The van der Waals surface area contributed by atoms with E-state index in [-0.39, 0.29) is 18.1 Å². The Morgan fingerprint density at radius 1 is 1.56 bits per heavy atom. The minimum atomic E-state index is -0.441. The normalized spacial score (nSPS) is 33.2. The molecule has 2 aliphatic rings. The highest BCUT2D eigenvalue weighted by atomic mass is 16.6. The summed E-state index contributed by atoms with van der Waals surface area (Å²) in [6.07, 6.45) is 1.81. The van der Waals surface area contributed by atoms with Crippen molar-refractivity contribution in [1.82, 2.24) is 4.90 Å². The van der Waals surface area contributed by atoms with Gasteiger partial charge in [0.15, 0.2) is 0 Å². The monoisotopic (exact) mass is 227 g/mol. The smallest absolute Gasteiger partial charge is 0.410 e. The number of piperidine rings is 1. The van der Waals surface area contributed by atoms with Gasteiger partial charge in [-0.3, -0.25) is 0 Å². The van der Waals surface area contributed by atoms with Crippen LogP contribution >= 0.6 is 0 Å². The molecule has 2 rings (SSSR count). The van der Waals surface area contributed by atoms with Crippen molar-refractivity contribution < 1.29 is 14.6 Å². The largest absolute Gasteiger partial charge is 0.444 e. The molecule has 0 aromatic rings. The second kappa shape index (κ2) is 3.62. The summed E-state index contributed by atoms with van der Waals surface area (Å²) in [5.74, 6) is 0.621. The van der Waals surface area contributed by atoms with E-state index in [4.69, 9.17) is 4.74 Å². The number of hydrogen-bond donors (Lipinski definition) is 1. The molecular formula is C12H21NO3. The molecule has 16 heavy (non-hydrogen) atoms. The minimum absolute atomic E-state index is 0.00481. The number of ether oxygens (including phenoxy) is 1. The van der Waals surface area contributed by atoms with Gasteiger partial charge >= 0.3 is 6.09 Å². The van der Waals surface area contributed by atoms with Gasteiger partial charge in [-0.05, 0) is 39.5 Å². The van der Waals surface area contributed by atoms with E-state index < -0.39 is 5.60 Å². The maximum absolute atomic E-state index is 11.9. The van der Waals surface area contributed by atoms with Crippen molar-refractivity contribution in [3.63, 3.8) is 0 Å². The van der Waals surface area contributed by atoms with E-state index in [0.717, 1.165) is 19.4 Å². The summed E-state index contributed by atoms with van der Waals surface area (Å²) in [6.45, 7) is 7.23. The van der Waals surface area contributed by atoms with Gasteiger partial charge in [0, 0.05) is 18.5 Å². The van der Waals surface area contributed by atoms with Crippen molar-refractivity contribution in [2.75, 3.05) is 19.7 Å². The average molecular weight is 227 g/mol. The summed E-state index contributed by atoms with van der Waals surface area (Å²) in [5, 5.41) is 9.35. The van der Waals surface area contributed by atoms with E-state index in [9.17, 15) is 9.90 Å². The van der Waals surface area contributed by atoms with Gasteiger partial charge in [0.2, 0.25) is 0 Å². The molecule has 1 heterocycles. The number of carbonyl (C=O) groups excluding carboxylic acids is 1. The van der Waals surface area contributed by atoms with Crippen molar-refractivity contribution >= 4 is 6.09 Å². The van der Waals surface area contributed by atoms with Gasteiger partial charge in [0.05, 0.1) is 6.61 Å². The highest BCUT2D eigenvalue weighted by Crippen LogP contribution is 2.56. The Morgan fingerprint density at radius 3 is 2.81 bits per heavy atom. The van der Waals surface area contributed by atoms with Gasteiger partial charge in [0.25, 0.3) is 0 Å². The molecule has 2 atom stereocenters. The van der Waals surface area contributed by atoms with E-state index in [1.807, 2.05) is 20.8 Å². The molecule has 0 bridgehead atoms. The second-order valence-electron chi connectivity index (χ2n) is 6.11. The topological polar surface area (TPSA) is 49.8 Å². The van der Waals surface area contributed by atoms with Gasteiger partial charge in [-0.1, -0.05) is 0 Å². The highest BCUT2D eigenvalue weighted by Gasteiger charge is 2.57. The fourth-order valence-electron chi connectivity index (χ4n) is 2.53. The molecule has 0 aromatic heterocycles. The van der Waals surface area contributed by atoms with E-state index in [1.54, 1.807) is 4.90 Å². The number of hydrogen-bond acceptors (Lipinski definition) is 3. The lowest BCUT2D eigenvalue weighted by atomic mass is 9.99. The molecule has 1 aliphatic carbocycles. The van der Waals surface area contributed by atoms with Crippen LogP contribution in [0.2, 0.25) is 0 Å². The Balaban J connectivity index is 1.93. The molecular weight excluding hydrogens is 206 g/mol. The molecule has 0 aromatic carbocycles. The molecule has 1 amide bonds. The SMILES string of the molecule is CC(C)(C)OC(=O)N1CCC2CC2(CO)C1. The summed E-state index contributed by atoms with van der Waals surface area (Å²) >= 11 is 0. The van der Waals surface area contributed by atoms with Gasteiger partial charge < -0.3 is 14.7 Å². The number of aliphatic hydroxyl groups excluding tert-OH is 1. The predicted molar refractivity (Wildman–Crippen MR) is 60.0 cm³/mol. The first-order valence-electron chi connectivity index (χ1n) is 5.95. The molecule has 1 saturated heterocycles. The third kappa shape index (κ3) is 2.17. The van der Waals surface area contributed by atoms with E-state index in [0.29, 0.717) is 12.5 Å². The number of amides is 1. The molecule has 92 valence electrons. The summed E-state index contributed by atoms with van der Waals surface area (Å²) < 4.78 is 5.34. The van der Waals surface area contributed by atoms with Crippen molar-refractivity contribution in [1.29, 1.82) is 0 Å². The fraction of sp³-hybridized carbons (Fsp3) is 0.917. The molecule has 0 spiro atoms. The summed E-state index contributed by atoms with van der Waals surface area (Å²) in [4.78, 5) is 13.6. The first kappa shape index (κ1) is 11.7. The van der Waals surface area contributed by atoms with Crippen LogP contribution in [0.25, 0.3) is 0 Å². The zero-order chi connectivity index (χ0) is 12.0. The maximum Gasteiger partial charge on any atom is 0.410 e. The third-order valence-corrected chi connectivity index (χ3v) is 3.58. The van der Waals surface area contributed by atoms with Crippen LogP contribution in [0.3, 0.4) is 0 Å². The molecule has 1 N–H and O–H groups in total. The number of aliphatic hydroxyl groups is 1. The summed E-state index contributed by atoms with van der Waals surface area (Å²) in [7, 11) is 0. The van der Waals surface area contributed by atoms with Crippen molar-refractivity contribution in [2.24, 2.45) is 11.3 Å². The minimum Gasteiger partial charge on any atom is -0.444 e. The predicted octanol–water partition coefficient (Wildman–Crippen LogP) is 1.63. The van der Waals surface area contributed by atoms with Crippen LogP contribution in [0.15, 0.2) is 0 Å². The zero-order valence-corrected chi connectivity index (χ0v) is 10.3. The molecule has 2 fully saturated rings. The lowest BCUT2D eigenvalue weighted by Gasteiger charge is -2.33. The number of fused-ring (bicyclic) bond motifs is 1. The van der Waals surface area contributed by atoms with Crippen molar-refractivity contribution in [3.8, 4) is 0 Å². The molecule has 1 saturated carbocycles. The number of rotatable bonds is 1. The van der Waals surface area contributed by atoms with Crippen LogP contribution in [-0.2, 0) is 4.74 Å². The number of carbonyl (C=O) groups is 1. The Labute approximate surface area is 96.6 Å². The first-order valence-corrected chi connectivity index (χ1v) is 5.95. The van der Waals surface area contributed by atoms with E-state index >= 15 is 0 Å². The van der Waals surface area contributed by atoms with Crippen LogP contribution in [0.4, 0.5) is 4.79 Å². The van der Waals surface area contributed by atoms with Gasteiger partial charge in [-0.15, -0.1) is 0 Å². The highest BCUT2D eigenvalue weighted by molar-refractivity contribution is 5.68. The first-order chi connectivity index (χ1) is 7.36. The zero-order valence-electron chi connectivity index (χ0n) is 10.3. The van der Waals surface area contributed by atoms with Crippen LogP contribution < -0.4 is 0 Å². The summed E-state index contributed by atoms with van der Waals surface area (Å²) in [6, 6.07) is 0. The van der Waals surface area contributed by atoms with Crippen molar-refractivity contribution in [3.05, 3.63) is 0 Å². The summed E-state index contributed by atoms with van der Waals surface area (Å²) in [5.41, 5.74) is -0.445.